The van der Waals surface area contributed by atoms with Gasteiger partial charge in [-0.05, 0) is 44.3 Å². The summed E-state index contributed by atoms with van der Waals surface area (Å²) >= 11 is 13.5. The molecule has 0 radical (unpaired) electrons. The molecule has 1 amide bonds. The molecule has 1 aromatic heterocycles. The Hall–Kier alpha value is -1.66. The van der Waals surface area contributed by atoms with Crippen LogP contribution < -0.4 is 5.32 Å². The van der Waals surface area contributed by atoms with Gasteiger partial charge in [0.15, 0.2) is 0 Å². The number of nitrogens with zero attached hydrogens (tertiary/aromatic N) is 2. The van der Waals surface area contributed by atoms with Crippen LogP contribution in [0.4, 0.5) is 5.69 Å². The highest BCUT2D eigenvalue weighted by molar-refractivity contribution is 7.18. The minimum atomic E-state index is -0.117. The van der Waals surface area contributed by atoms with Crippen LogP contribution in [-0.2, 0) is 4.79 Å². The lowest BCUT2D eigenvalue weighted by Crippen LogP contribution is -2.32. The maximum absolute atomic E-state index is 12.3. The van der Waals surface area contributed by atoms with E-state index in [1.54, 1.807) is 29.5 Å². The lowest BCUT2D eigenvalue weighted by molar-refractivity contribution is -0.117. The Balaban J connectivity index is 1.64. The predicted octanol–water partition coefficient (Wildman–Crippen LogP) is 5.23. The van der Waals surface area contributed by atoms with Crippen LogP contribution in [0.3, 0.4) is 0 Å². The number of fused-ring (bicyclic) bond motifs is 1. The fraction of sp³-hybridized carbons (Fsp3) is 0.222. The highest BCUT2D eigenvalue weighted by atomic mass is 35.5. The first-order valence-corrected chi connectivity index (χ1v) is 9.32. The normalized spacial score (nSPS) is 12.5. The van der Waals surface area contributed by atoms with E-state index in [2.05, 4.69) is 16.4 Å². The molecule has 25 heavy (non-hydrogen) atoms. The van der Waals surface area contributed by atoms with Crippen LogP contribution in [0.2, 0.25) is 10.0 Å². The highest BCUT2D eigenvalue weighted by Gasteiger charge is 2.18. The molecular formula is C18H17Cl2N3OS. The van der Waals surface area contributed by atoms with Crippen LogP contribution in [0, 0.1) is 0 Å². The number of anilines is 1. The summed E-state index contributed by atoms with van der Waals surface area (Å²) in [6.45, 7) is 2.29. The van der Waals surface area contributed by atoms with Crippen LogP contribution >= 0.6 is 34.5 Å². The third-order valence-corrected chi connectivity index (χ3v) is 5.87. The van der Waals surface area contributed by atoms with E-state index in [0.717, 1.165) is 15.2 Å². The molecule has 1 heterocycles. The quantitative estimate of drug-likeness (QED) is 0.644. The summed E-state index contributed by atoms with van der Waals surface area (Å²) in [5, 5.41) is 4.70. The van der Waals surface area contributed by atoms with Crippen molar-refractivity contribution in [2.45, 2.75) is 13.0 Å². The molecule has 4 nitrogen and oxygen atoms in total. The van der Waals surface area contributed by atoms with Gasteiger partial charge in [-0.2, -0.15) is 0 Å². The zero-order valence-corrected chi connectivity index (χ0v) is 16.1. The Morgan fingerprint density at radius 2 is 2.00 bits per heavy atom. The van der Waals surface area contributed by atoms with Crippen LogP contribution in [0.5, 0.6) is 0 Å². The fourth-order valence-corrected chi connectivity index (χ4v) is 3.78. The van der Waals surface area contributed by atoms with Gasteiger partial charge in [-0.15, -0.1) is 11.3 Å². The predicted molar refractivity (Wildman–Crippen MR) is 106 cm³/mol. The first-order valence-electron chi connectivity index (χ1n) is 7.74. The van der Waals surface area contributed by atoms with Gasteiger partial charge in [0.05, 0.1) is 32.8 Å². The average Bonchev–Trinajstić information content (AvgIpc) is 3.01. The zero-order valence-electron chi connectivity index (χ0n) is 13.8. The topological polar surface area (TPSA) is 45.2 Å². The van der Waals surface area contributed by atoms with Crippen LogP contribution in [0.15, 0.2) is 42.5 Å². The standard InChI is InChI=1S/C18H17Cl2N3OS/c1-11(18-22-15-5-3-4-6-16(15)25-18)23(2)10-17(24)21-12-7-8-13(19)14(20)9-12/h3-9,11H,10H2,1-2H3,(H,21,24)/t11-/m1/s1. The Morgan fingerprint density at radius 3 is 2.72 bits per heavy atom. The van der Waals surface area contributed by atoms with Gasteiger partial charge in [-0.1, -0.05) is 35.3 Å². The van der Waals surface area contributed by atoms with Gasteiger partial charge in [0.25, 0.3) is 0 Å². The molecule has 130 valence electrons. The number of benzene rings is 2. The molecule has 3 rings (SSSR count). The molecule has 0 spiro atoms. The van der Waals surface area contributed by atoms with E-state index < -0.39 is 0 Å². The SMILES string of the molecule is C[C@H](c1nc2ccccc2s1)N(C)CC(=O)Nc1ccc(Cl)c(Cl)c1. The van der Waals surface area contributed by atoms with E-state index in [1.165, 1.54) is 0 Å². The molecule has 0 fully saturated rings. The molecule has 0 unspecified atom stereocenters. The molecule has 1 atom stereocenters. The maximum Gasteiger partial charge on any atom is 0.238 e. The highest BCUT2D eigenvalue weighted by Crippen LogP contribution is 2.29. The third-order valence-electron chi connectivity index (χ3n) is 3.93. The van der Waals surface area contributed by atoms with Crippen LogP contribution in [0.25, 0.3) is 10.2 Å². The van der Waals surface area contributed by atoms with Crippen molar-refractivity contribution in [3.63, 3.8) is 0 Å². The zero-order chi connectivity index (χ0) is 18.0. The molecule has 0 saturated carbocycles. The molecule has 0 aliphatic rings. The summed E-state index contributed by atoms with van der Waals surface area (Å²) in [6.07, 6.45) is 0. The van der Waals surface area contributed by atoms with Crippen molar-refractivity contribution in [1.29, 1.82) is 0 Å². The Bertz CT molecular complexity index is 879. The van der Waals surface area contributed by atoms with Crippen LogP contribution in [-0.4, -0.2) is 29.4 Å². The van der Waals surface area contributed by atoms with Gasteiger partial charge >= 0.3 is 0 Å². The second kappa shape index (κ2) is 7.70. The van der Waals surface area contributed by atoms with Gasteiger partial charge in [0, 0.05) is 5.69 Å². The van der Waals surface area contributed by atoms with E-state index in [9.17, 15) is 4.79 Å². The summed E-state index contributed by atoms with van der Waals surface area (Å²) in [4.78, 5) is 18.9. The lowest BCUT2D eigenvalue weighted by Gasteiger charge is -2.22. The number of hydrogen-bond acceptors (Lipinski definition) is 4. The van der Waals surface area contributed by atoms with Gasteiger partial charge in [0.1, 0.15) is 5.01 Å². The first-order chi connectivity index (χ1) is 11.9. The first kappa shape index (κ1) is 18.1. The molecule has 7 heteroatoms. The molecule has 0 bridgehead atoms. The van der Waals surface area contributed by atoms with Gasteiger partial charge in [-0.3, -0.25) is 9.69 Å². The number of para-hydroxylation sites is 1. The van der Waals surface area contributed by atoms with E-state index in [0.29, 0.717) is 15.7 Å². The van der Waals surface area contributed by atoms with Crippen molar-refractivity contribution < 1.29 is 4.79 Å². The van der Waals surface area contributed by atoms with Crippen molar-refractivity contribution in [3.8, 4) is 0 Å². The van der Waals surface area contributed by atoms with E-state index in [-0.39, 0.29) is 18.5 Å². The summed E-state index contributed by atoms with van der Waals surface area (Å²) < 4.78 is 1.15. The van der Waals surface area contributed by atoms with Gasteiger partial charge in [-0.25, -0.2) is 4.98 Å². The number of aromatic nitrogens is 1. The van der Waals surface area contributed by atoms with Crippen molar-refractivity contribution in [3.05, 3.63) is 57.5 Å². The third kappa shape index (κ3) is 4.30. The summed E-state index contributed by atoms with van der Waals surface area (Å²) in [5.41, 5.74) is 1.61. The average molecular weight is 394 g/mol. The van der Waals surface area contributed by atoms with Crippen molar-refractivity contribution in [1.82, 2.24) is 9.88 Å². The van der Waals surface area contributed by atoms with Crippen molar-refractivity contribution in [2.75, 3.05) is 18.9 Å². The molecule has 0 aliphatic carbocycles. The lowest BCUT2D eigenvalue weighted by atomic mass is 10.3. The number of carbonyl (C=O) groups is 1. The molecule has 0 aliphatic heterocycles. The molecule has 3 aromatic rings. The molecular weight excluding hydrogens is 377 g/mol. The second-order valence-corrected chi connectivity index (χ2v) is 7.66. The minimum Gasteiger partial charge on any atom is -0.325 e. The van der Waals surface area contributed by atoms with E-state index >= 15 is 0 Å². The number of hydrogen-bond donors (Lipinski definition) is 1. The molecule has 1 N–H and O–H groups in total. The summed E-state index contributed by atoms with van der Waals surface area (Å²) in [5.74, 6) is -0.117. The Labute approximate surface area is 160 Å². The second-order valence-electron chi connectivity index (χ2n) is 5.79. The van der Waals surface area contributed by atoms with Crippen LogP contribution in [0.1, 0.15) is 18.0 Å². The number of thiazole rings is 1. The van der Waals surface area contributed by atoms with Gasteiger partial charge < -0.3 is 5.32 Å². The number of rotatable bonds is 5. The fourth-order valence-electron chi connectivity index (χ4n) is 2.40. The van der Waals surface area contributed by atoms with E-state index in [1.807, 2.05) is 37.1 Å². The van der Waals surface area contributed by atoms with E-state index in [4.69, 9.17) is 23.2 Å². The maximum atomic E-state index is 12.3. The monoisotopic (exact) mass is 393 g/mol. The Morgan fingerprint density at radius 1 is 1.24 bits per heavy atom. The largest absolute Gasteiger partial charge is 0.325 e. The van der Waals surface area contributed by atoms with Crippen molar-refractivity contribution in [2.24, 2.45) is 0 Å². The Kier molecular flexibility index (Phi) is 5.59. The smallest absolute Gasteiger partial charge is 0.238 e. The number of nitrogens with one attached hydrogen (secondary N) is 1. The molecule has 0 saturated heterocycles. The summed E-state index contributed by atoms with van der Waals surface area (Å²) in [6, 6.07) is 13.1. The van der Waals surface area contributed by atoms with Gasteiger partial charge in [0.2, 0.25) is 5.91 Å². The number of carbonyl (C=O) groups excluding carboxylic acids is 1. The number of likely N-dealkylation sites (N-methyl/N-ethyl adjacent to an activating group) is 1. The summed E-state index contributed by atoms with van der Waals surface area (Å²) in [7, 11) is 1.91. The number of halogens is 2. The minimum absolute atomic E-state index is 0.0388. The molecule has 2 aromatic carbocycles. The number of amides is 1. The van der Waals surface area contributed by atoms with Crippen molar-refractivity contribution >= 4 is 56.3 Å².